The van der Waals surface area contributed by atoms with Crippen molar-refractivity contribution in [2.75, 3.05) is 38.8 Å². The summed E-state index contributed by atoms with van der Waals surface area (Å²) < 4.78 is 34.1. The number of likely N-dealkylation sites (N-methyl/N-ethyl adjacent to an activating group) is 1. The Bertz CT molecular complexity index is 1000. The smallest absolute Gasteiger partial charge is 0.341 e. The van der Waals surface area contributed by atoms with Crippen LogP contribution in [0, 0.1) is 6.92 Å². The van der Waals surface area contributed by atoms with Gasteiger partial charge >= 0.3 is 5.97 Å². The van der Waals surface area contributed by atoms with E-state index in [1.165, 1.54) is 12.0 Å². The number of sulfone groups is 1. The molecule has 2 heterocycles. The average molecular weight is 435 g/mol. The topological polar surface area (TPSA) is 97.1 Å². The van der Waals surface area contributed by atoms with E-state index in [1.54, 1.807) is 20.0 Å². The molecule has 162 valence electrons. The maximum atomic E-state index is 13.4. The first-order valence-electron chi connectivity index (χ1n) is 9.64. The Hall–Kier alpha value is -2.65. The van der Waals surface area contributed by atoms with Gasteiger partial charge in [-0.15, -0.1) is 0 Å². The zero-order chi connectivity index (χ0) is 21.9. The van der Waals surface area contributed by atoms with E-state index in [-0.39, 0.29) is 24.0 Å². The largest absolute Gasteiger partial charge is 0.465 e. The maximum Gasteiger partial charge on any atom is 0.341 e. The molecule has 1 saturated heterocycles. The molecule has 1 aliphatic rings. The van der Waals surface area contributed by atoms with E-state index in [0.29, 0.717) is 30.2 Å². The molecule has 1 unspecified atom stereocenters. The number of esters is 1. The number of hydrogen-bond acceptors (Lipinski definition) is 7. The Morgan fingerprint density at radius 3 is 2.43 bits per heavy atom. The Balaban J connectivity index is 1.81. The first kappa shape index (κ1) is 22.0. The van der Waals surface area contributed by atoms with Gasteiger partial charge in [0.05, 0.1) is 25.2 Å². The third-order valence-electron chi connectivity index (χ3n) is 5.24. The van der Waals surface area contributed by atoms with Crippen molar-refractivity contribution in [2.45, 2.75) is 19.5 Å². The summed E-state index contributed by atoms with van der Waals surface area (Å²) in [6.07, 6.45) is 0. The molecule has 2 aromatic rings. The van der Waals surface area contributed by atoms with Crippen LogP contribution in [0.1, 0.15) is 33.5 Å². The lowest BCUT2D eigenvalue weighted by atomic mass is 10.0. The molecule has 0 N–H and O–H groups in total. The lowest BCUT2D eigenvalue weighted by molar-refractivity contribution is -0.136. The first-order chi connectivity index (χ1) is 14.2. The second-order valence-corrected chi connectivity index (χ2v) is 9.67. The third kappa shape index (κ3) is 4.91. The normalized spacial score (nSPS) is 17.3. The molecule has 1 aromatic carbocycles. The quantitative estimate of drug-likeness (QED) is 0.640. The van der Waals surface area contributed by atoms with Crippen molar-refractivity contribution in [3.8, 4) is 0 Å². The van der Waals surface area contributed by atoms with Crippen LogP contribution in [-0.2, 0) is 25.9 Å². The molecule has 0 spiro atoms. The molecule has 0 bridgehead atoms. The SMILES string of the molecule is COC(=O)c1cc(CN(C)C(=O)C(c2ccccc2)N2CCS(=O)(=O)CC2)oc1C. The highest BCUT2D eigenvalue weighted by Crippen LogP contribution is 2.26. The molecular formula is C21H26N2O6S. The molecule has 0 aliphatic carbocycles. The highest BCUT2D eigenvalue weighted by molar-refractivity contribution is 7.91. The summed E-state index contributed by atoms with van der Waals surface area (Å²) >= 11 is 0. The summed E-state index contributed by atoms with van der Waals surface area (Å²) in [5, 5.41) is 0. The number of furan rings is 1. The summed E-state index contributed by atoms with van der Waals surface area (Å²) in [7, 11) is -0.104. The number of aryl methyl sites for hydroxylation is 1. The van der Waals surface area contributed by atoms with Crippen molar-refractivity contribution in [3.63, 3.8) is 0 Å². The molecule has 9 heteroatoms. The number of ether oxygens (including phenoxy) is 1. The molecule has 3 rings (SSSR count). The second-order valence-electron chi connectivity index (χ2n) is 7.37. The number of amides is 1. The van der Waals surface area contributed by atoms with E-state index >= 15 is 0 Å². The van der Waals surface area contributed by atoms with Gasteiger partial charge in [0.15, 0.2) is 9.84 Å². The van der Waals surface area contributed by atoms with Crippen LogP contribution in [0.2, 0.25) is 0 Å². The summed E-state index contributed by atoms with van der Waals surface area (Å²) in [5.41, 5.74) is 1.13. The Morgan fingerprint density at radius 1 is 1.20 bits per heavy atom. The fourth-order valence-corrected chi connectivity index (χ4v) is 4.81. The van der Waals surface area contributed by atoms with Gasteiger partial charge in [-0.25, -0.2) is 13.2 Å². The maximum absolute atomic E-state index is 13.4. The van der Waals surface area contributed by atoms with Gasteiger partial charge < -0.3 is 14.1 Å². The van der Waals surface area contributed by atoms with Crippen molar-refractivity contribution in [1.82, 2.24) is 9.80 Å². The van der Waals surface area contributed by atoms with Crippen LogP contribution in [0.25, 0.3) is 0 Å². The molecular weight excluding hydrogens is 408 g/mol. The van der Waals surface area contributed by atoms with Crippen LogP contribution >= 0.6 is 0 Å². The molecule has 8 nitrogen and oxygen atoms in total. The van der Waals surface area contributed by atoms with Gasteiger partial charge in [-0.3, -0.25) is 9.69 Å². The zero-order valence-electron chi connectivity index (χ0n) is 17.3. The number of carbonyl (C=O) groups is 2. The summed E-state index contributed by atoms with van der Waals surface area (Å²) in [4.78, 5) is 28.6. The van der Waals surface area contributed by atoms with Crippen molar-refractivity contribution < 1.29 is 27.2 Å². The first-order valence-corrected chi connectivity index (χ1v) is 11.5. The van der Waals surface area contributed by atoms with Crippen LogP contribution in [0.3, 0.4) is 0 Å². The fourth-order valence-electron chi connectivity index (χ4n) is 3.58. The monoisotopic (exact) mass is 434 g/mol. The third-order valence-corrected chi connectivity index (χ3v) is 6.85. The van der Waals surface area contributed by atoms with Gasteiger partial charge in [0, 0.05) is 20.1 Å². The number of rotatable bonds is 6. The van der Waals surface area contributed by atoms with Gasteiger partial charge in [-0.05, 0) is 18.6 Å². The highest BCUT2D eigenvalue weighted by Gasteiger charge is 2.34. The molecule has 1 atom stereocenters. The zero-order valence-corrected chi connectivity index (χ0v) is 18.1. The second kappa shape index (κ2) is 9.01. The van der Waals surface area contributed by atoms with Crippen molar-refractivity contribution in [2.24, 2.45) is 0 Å². The lowest BCUT2D eigenvalue weighted by Crippen LogP contribution is -2.47. The predicted octanol–water partition coefficient (Wildman–Crippen LogP) is 1.80. The van der Waals surface area contributed by atoms with Gasteiger partial charge in [0.2, 0.25) is 5.91 Å². The minimum absolute atomic E-state index is 0.0349. The number of hydrogen-bond donors (Lipinski definition) is 0. The van der Waals surface area contributed by atoms with Crippen molar-refractivity contribution in [1.29, 1.82) is 0 Å². The van der Waals surface area contributed by atoms with E-state index in [0.717, 1.165) is 5.56 Å². The number of methoxy groups -OCH3 is 1. The average Bonchev–Trinajstić information content (AvgIpc) is 3.09. The van der Waals surface area contributed by atoms with E-state index in [1.807, 2.05) is 35.2 Å². The predicted molar refractivity (Wildman–Crippen MR) is 111 cm³/mol. The van der Waals surface area contributed by atoms with Gasteiger partial charge in [0.25, 0.3) is 0 Å². The van der Waals surface area contributed by atoms with E-state index in [9.17, 15) is 18.0 Å². The Labute approximate surface area is 176 Å². The minimum Gasteiger partial charge on any atom is -0.465 e. The Morgan fingerprint density at radius 2 is 1.83 bits per heavy atom. The van der Waals surface area contributed by atoms with Gasteiger partial charge in [0.1, 0.15) is 23.1 Å². The summed E-state index contributed by atoms with van der Waals surface area (Å²) in [5.74, 6) is 0.304. The van der Waals surface area contributed by atoms with E-state index < -0.39 is 21.8 Å². The molecule has 30 heavy (non-hydrogen) atoms. The highest BCUT2D eigenvalue weighted by atomic mass is 32.2. The fraction of sp³-hybridized carbons (Fsp3) is 0.429. The van der Waals surface area contributed by atoms with Crippen LogP contribution in [0.5, 0.6) is 0 Å². The molecule has 1 amide bonds. The Kier molecular flexibility index (Phi) is 6.62. The standard InChI is InChI=1S/C21H26N2O6S/c1-15-18(21(25)28-3)13-17(29-15)14-22(2)20(24)19(16-7-5-4-6-8-16)23-9-11-30(26,27)12-10-23/h4-8,13,19H,9-12,14H2,1-3H3. The summed E-state index contributed by atoms with van der Waals surface area (Å²) in [6.45, 7) is 2.44. The van der Waals surface area contributed by atoms with Crippen LogP contribution in [0.15, 0.2) is 40.8 Å². The number of nitrogens with zero attached hydrogens (tertiary/aromatic N) is 2. The molecule has 1 fully saturated rings. The van der Waals surface area contributed by atoms with Gasteiger partial charge in [-0.1, -0.05) is 30.3 Å². The molecule has 0 saturated carbocycles. The van der Waals surface area contributed by atoms with Crippen LogP contribution in [0.4, 0.5) is 0 Å². The summed E-state index contributed by atoms with van der Waals surface area (Å²) in [6, 6.07) is 10.3. The van der Waals surface area contributed by atoms with Crippen molar-refractivity contribution in [3.05, 3.63) is 59.0 Å². The number of benzene rings is 1. The minimum atomic E-state index is -3.06. The van der Waals surface area contributed by atoms with Gasteiger partial charge in [-0.2, -0.15) is 0 Å². The lowest BCUT2D eigenvalue weighted by Gasteiger charge is -2.35. The molecule has 1 aromatic heterocycles. The molecule has 1 aliphatic heterocycles. The van der Waals surface area contributed by atoms with E-state index in [4.69, 9.17) is 9.15 Å². The van der Waals surface area contributed by atoms with Crippen LogP contribution in [-0.4, -0.2) is 68.8 Å². The molecule has 0 radical (unpaired) electrons. The van der Waals surface area contributed by atoms with E-state index in [2.05, 4.69) is 0 Å². The number of carbonyl (C=O) groups excluding carboxylic acids is 2. The van der Waals surface area contributed by atoms with Crippen LogP contribution < -0.4 is 0 Å². The van der Waals surface area contributed by atoms with Crippen molar-refractivity contribution >= 4 is 21.7 Å².